The van der Waals surface area contributed by atoms with Gasteiger partial charge in [-0.1, -0.05) is 6.92 Å². The molecule has 0 aliphatic carbocycles. The van der Waals surface area contributed by atoms with Gasteiger partial charge >= 0.3 is 6.03 Å². The summed E-state index contributed by atoms with van der Waals surface area (Å²) in [5, 5.41) is 2.90. The molecule has 0 spiro atoms. The molecule has 0 bridgehead atoms. The molecule has 3 heterocycles. The molecule has 1 fully saturated rings. The van der Waals surface area contributed by atoms with E-state index in [1.165, 1.54) is 0 Å². The Morgan fingerprint density at radius 3 is 2.83 bits per heavy atom. The van der Waals surface area contributed by atoms with Crippen molar-refractivity contribution in [3.63, 3.8) is 0 Å². The number of pyridine rings is 1. The number of nitrogens with one attached hydrogen (secondary N) is 1. The maximum atomic E-state index is 12.6. The number of carbonyl (C=O) groups excluding carboxylic acids is 1. The summed E-state index contributed by atoms with van der Waals surface area (Å²) in [4.78, 5) is 25.5. The molecule has 0 unspecified atom stereocenters. The van der Waals surface area contributed by atoms with Crippen molar-refractivity contribution in [3.05, 3.63) is 42.1 Å². The Kier molecular flexibility index (Phi) is 4.80. The van der Waals surface area contributed by atoms with Gasteiger partial charge in [-0.05, 0) is 31.2 Å². The molecule has 2 aromatic heterocycles. The Balaban J connectivity index is 1.73. The van der Waals surface area contributed by atoms with Crippen molar-refractivity contribution in [2.75, 3.05) is 31.5 Å². The predicted molar refractivity (Wildman–Crippen MR) is 92.8 cm³/mol. The van der Waals surface area contributed by atoms with Crippen LogP contribution >= 0.6 is 0 Å². The largest absolute Gasteiger partial charge is 0.337 e. The first-order valence-corrected chi connectivity index (χ1v) is 8.28. The number of hydrogen-bond donors (Lipinski definition) is 1. The Labute approximate surface area is 142 Å². The normalized spacial score (nSPS) is 18.6. The molecule has 7 nitrogen and oxygen atoms in total. The van der Waals surface area contributed by atoms with Gasteiger partial charge in [-0.15, -0.1) is 0 Å². The average Bonchev–Trinajstić information content (AvgIpc) is 3.00. The molecule has 0 radical (unpaired) electrons. The third-order valence-electron chi connectivity index (χ3n) is 4.49. The standard InChI is InChI=1S/C17H24N6O/c1-4-22-9-10-23(12-14(22)16-19-7-8-21(16)3)17(24)20-15-11-13(2)5-6-18-15/h5-8,11,14H,4,9-10,12H2,1-3H3,(H,18,20,24)/t14-/m0/s1. The van der Waals surface area contributed by atoms with E-state index in [0.717, 1.165) is 24.5 Å². The summed E-state index contributed by atoms with van der Waals surface area (Å²) in [7, 11) is 1.99. The van der Waals surface area contributed by atoms with Crippen LogP contribution in [0.25, 0.3) is 0 Å². The lowest BCUT2D eigenvalue weighted by atomic mass is 10.1. The second kappa shape index (κ2) is 7.00. The molecule has 0 aromatic carbocycles. The second-order valence-electron chi connectivity index (χ2n) is 6.14. The summed E-state index contributed by atoms with van der Waals surface area (Å²) < 4.78 is 2.02. The smallest absolute Gasteiger partial charge is 0.323 e. The minimum atomic E-state index is -0.108. The quantitative estimate of drug-likeness (QED) is 0.936. The van der Waals surface area contributed by atoms with Gasteiger partial charge in [0.15, 0.2) is 0 Å². The third kappa shape index (κ3) is 3.41. The topological polar surface area (TPSA) is 66.3 Å². The van der Waals surface area contributed by atoms with Crippen molar-refractivity contribution < 1.29 is 4.79 Å². The highest BCUT2D eigenvalue weighted by atomic mass is 16.2. The summed E-state index contributed by atoms with van der Waals surface area (Å²) >= 11 is 0. The minimum Gasteiger partial charge on any atom is -0.337 e. The van der Waals surface area contributed by atoms with E-state index in [0.29, 0.717) is 18.9 Å². The number of rotatable bonds is 3. The molecule has 7 heteroatoms. The van der Waals surface area contributed by atoms with E-state index in [1.807, 2.05) is 41.8 Å². The highest BCUT2D eigenvalue weighted by Gasteiger charge is 2.32. The number of likely N-dealkylation sites (N-methyl/N-ethyl adjacent to an activating group) is 1. The SMILES string of the molecule is CCN1CCN(C(=O)Nc2cc(C)ccn2)C[C@H]1c1nccn1C. The Morgan fingerprint density at radius 2 is 2.17 bits per heavy atom. The van der Waals surface area contributed by atoms with Gasteiger partial charge in [0.05, 0.1) is 6.04 Å². The number of nitrogens with zero attached hydrogens (tertiary/aromatic N) is 5. The number of aryl methyl sites for hydroxylation is 2. The maximum Gasteiger partial charge on any atom is 0.323 e. The van der Waals surface area contributed by atoms with Crippen LogP contribution in [0, 0.1) is 6.92 Å². The molecule has 1 aliphatic rings. The van der Waals surface area contributed by atoms with Crippen molar-refractivity contribution in [2.24, 2.45) is 7.05 Å². The molecule has 128 valence electrons. The molecule has 24 heavy (non-hydrogen) atoms. The van der Waals surface area contributed by atoms with Crippen molar-refractivity contribution in [3.8, 4) is 0 Å². The van der Waals surface area contributed by atoms with Gasteiger partial charge in [0.1, 0.15) is 11.6 Å². The zero-order valence-electron chi connectivity index (χ0n) is 14.4. The lowest BCUT2D eigenvalue weighted by Crippen LogP contribution is -2.52. The summed E-state index contributed by atoms with van der Waals surface area (Å²) in [6.07, 6.45) is 5.45. The molecule has 2 amide bonds. The van der Waals surface area contributed by atoms with Crippen molar-refractivity contribution >= 4 is 11.8 Å². The van der Waals surface area contributed by atoms with Crippen LogP contribution in [0.1, 0.15) is 24.4 Å². The second-order valence-corrected chi connectivity index (χ2v) is 6.14. The van der Waals surface area contributed by atoms with Crippen LogP contribution in [0.3, 0.4) is 0 Å². The molecular weight excluding hydrogens is 304 g/mol. The number of amides is 2. The van der Waals surface area contributed by atoms with E-state index in [-0.39, 0.29) is 12.1 Å². The van der Waals surface area contributed by atoms with Crippen LogP contribution in [0.5, 0.6) is 0 Å². The van der Waals surface area contributed by atoms with Crippen LogP contribution < -0.4 is 5.32 Å². The van der Waals surface area contributed by atoms with E-state index in [1.54, 1.807) is 12.4 Å². The molecule has 3 rings (SSSR count). The molecule has 1 saturated heterocycles. The average molecular weight is 328 g/mol. The highest BCUT2D eigenvalue weighted by molar-refractivity contribution is 5.88. The van der Waals surface area contributed by atoms with Crippen LogP contribution in [0.2, 0.25) is 0 Å². The van der Waals surface area contributed by atoms with Gasteiger partial charge in [-0.25, -0.2) is 14.8 Å². The van der Waals surface area contributed by atoms with E-state index in [4.69, 9.17) is 0 Å². The van der Waals surface area contributed by atoms with Gasteiger partial charge < -0.3 is 9.47 Å². The predicted octanol–water partition coefficient (Wildman–Crippen LogP) is 2.03. The molecule has 1 atom stereocenters. The lowest BCUT2D eigenvalue weighted by molar-refractivity contribution is 0.0926. The van der Waals surface area contributed by atoms with Crippen LogP contribution in [0.4, 0.5) is 10.6 Å². The van der Waals surface area contributed by atoms with Crippen molar-refractivity contribution in [1.29, 1.82) is 0 Å². The number of carbonyl (C=O) groups is 1. The molecule has 2 aromatic rings. The summed E-state index contributed by atoms with van der Waals surface area (Å²) in [6, 6.07) is 3.78. The van der Waals surface area contributed by atoms with Crippen LogP contribution in [0.15, 0.2) is 30.7 Å². The fourth-order valence-electron chi connectivity index (χ4n) is 3.12. The van der Waals surface area contributed by atoms with E-state index in [2.05, 4.69) is 27.1 Å². The first-order valence-electron chi connectivity index (χ1n) is 8.28. The fraction of sp³-hybridized carbons (Fsp3) is 0.471. The molecular formula is C17H24N6O. The minimum absolute atomic E-state index is 0.108. The Bertz CT molecular complexity index is 713. The zero-order valence-corrected chi connectivity index (χ0v) is 14.4. The first-order chi connectivity index (χ1) is 11.6. The Hall–Kier alpha value is -2.41. The van der Waals surface area contributed by atoms with Gasteiger partial charge in [-0.3, -0.25) is 10.2 Å². The Morgan fingerprint density at radius 1 is 1.33 bits per heavy atom. The van der Waals surface area contributed by atoms with E-state index < -0.39 is 0 Å². The van der Waals surface area contributed by atoms with Gasteiger partial charge in [0, 0.05) is 45.3 Å². The van der Waals surface area contributed by atoms with Gasteiger partial charge in [0.25, 0.3) is 0 Å². The van der Waals surface area contributed by atoms with Gasteiger partial charge in [-0.2, -0.15) is 0 Å². The fourth-order valence-corrected chi connectivity index (χ4v) is 3.12. The third-order valence-corrected chi connectivity index (χ3v) is 4.49. The van der Waals surface area contributed by atoms with Crippen LogP contribution in [-0.2, 0) is 7.05 Å². The number of urea groups is 1. The monoisotopic (exact) mass is 328 g/mol. The number of imidazole rings is 1. The molecule has 1 aliphatic heterocycles. The van der Waals surface area contributed by atoms with E-state index in [9.17, 15) is 4.79 Å². The summed E-state index contributed by atoms with van der Waals surface area (Å²) in [6.45, 7) is 7.22. The summed E-state index contributed by atoms with van der Waals surface area (Å²) in [5.41, 5.74) is 1.07. The summed E-state index contributed by atoms with van der Waals surface area (Å²) in [5.74, 6) is 1.58. The number of aromatic nitrogens is 3. The van der Waals surface area contributed by atoms with E-state index >= 15 is 0 Å². The van der Waals surface area contributed by atoms with Crippen LogP contribution in [-0.4, -0.2) is 56.5 Å². The molecule has 1 N–H and O–H groups in total. The maximum absolute atomic E-state index is 12.6. The van der Waals surface area contributed by atoms with Crippen molar-refractivity contribution in [1.82, 2.24) is 24.3 Å². The first kappa shape index (κ1) is 16.4. The highest BCUT2D eigenvalue weighted by Crippen LogP contribution is 2.24. The van der Waals surface area contributed by atoms with Crippen molar-refractivity contribution in [2.45, 2.75) is 19.9 Å². The number of anilines is 1. The lowest BCUT2D eigenvalue weighted by Gasteiger charge is -2.40. The zero-order chi connectivity index (χ0) is 17.1. The number of hydrogen-bond acceptors (Lipinski definition) is 4. The molecule has 0 saturated carbocycles. The number of piperazine rings is 1. The van der Waals surface area contributed by atoms with Gasteiger partial charge in [0.2, 0.25) is 0 Å².